The first kappa shape index (κ1) is 14.6. The maximum atomic E-state index is 4.56. The summed E-state index contributed by atoms with van der Waals surface area (Å²) in [5, 5.41) is 15.8. The minimum atomic E-state index is 0.770. The molecule has 118 valence electrons. The minimum Gasteiger partial charge on any atom is -0.217 e. The third-order valence-electron chi connectivity index (χ3n) is 4.17. The first-order valence-electron chi connectivity index (χ1n) is 8.04. The van der Waals surface area contributed by atoms with Crippen molar-refractivity contribution in [2.45, 2.75) is 20.3 Å². The van der Waals surface area contributed by atoms with Crippen LogP contribution in [-0.4, -0.2) is 20.0 Å². The topological polar surface area (TPSA) is 43.6 Å². The summed E-state index contributed by atoms with van der Waals surface area (Å²) < 4.78 is 1.87. The van der Waals surface area contributed by atoms with Crippen LogP contribution in [0.15, 0.2) is 60.7 Å². The summed E-state index contributed by atoms with van der Waals surface area (Å²) in [6.07, 6.45) is 0.770. The Morgan fingerprint density at radius 2 is 1.54 bits per heavy atom. The van der Waals surface area contributed by atoms with E-state index in [-0.39, 0.29) is 0 Å². The van der Waals surface area contributed by atoms with Crippen LogP contribution in [0.2, 0.25) is 0 Å². The Morgan fingerprint density at radius 1 is 0.833 bits per heavy atom. The molecular weight excluding hydrogens is 296 g/mol. The maximum absolute atomic E-state index is 4.56. The summed E-state index contributed by atoms with van der Waals surface area (Å²) in [5.74, 6) is 0.785. The monoisotopic (exact) mass is 314 g/mol. The smallest absolute Gasteiger partial charge is 0.183 e. The molecule has 0 aliphatic heterocycles. The molecule has 0 spiro atoms. The summed E-state index contributed by atoms with van der Waals surface area (Å²) in [5.41, 5.74) is 4.26. The lowest BCUT2D eigenvalue weighted by atomic mass is 10.0. The average molecular weight is 314 g/mol. The fourth-order valence-electron chi connectivity index (χ4n) is 3.06. The number of rotatable bonds is 3. The molecule has 4 heteroatoms. The Hall–Kier alpha value is -3.01. The normalized spacial score (nSPS) is 11.1. The van der Waals surface area contributed by atoms with E-state index >= 15 is 0 Å². The molecule has 0 unspecified atom stereocenters. The highest BCUT2D eigenvalue weighted by atomic mass is 15.3. The van der Waals surface area contributed by atoms with Gasteiger partial charge in [-0.2, -0.15) is 10.2 Å². The second-order valence-corrected chi connectivity index (χ2v) is 6.02. The molecule has 4 rings (SSSR count). The first-order chi connectivity index (χ1) is 11.7. The Kier molecular flexibility index (Phi) is 3.58. The van der Waals surface area contributed by atoms with E-state index in [1.54, 1.807) is 0 Å². The van der Waals surface area contributed by atoms with Crippen molar-refractivity contribution in [1.82, 2.24) is 20.0 Å². The average Bonchev–Trinajstić information content (AvgIpc) is 2.94. The van der Waals surface area contributed by atoms with Gasteiger partial charge in [-0.15, -0.1) is 5.10 Å². The summed E-state index contributed by atoms with van der Waals surface area (Å²) in [4.78, 5) is 0. The van der Waals surface area contributed by atoms with Crippen molar-refractivity contribution < 1.29 is 0 Å². The maximum Gasteiger partial charge on any atom is 0.183 e. The van der Waals surface area contributed by atoms with Crippen LogP contribution in [-0.2, 0) is 6.42 Å². The van der Waals surface area contributed by atoms with Gasteiger partial charge >= 0.3 is 0 Å². The molecule has 0 bridgehead atoms. The molecule has 0 fully saturated rings. The van der Waals surface area contributed by atoms with E-state index in [0.717, 1.165) is 40.1 Å². The second-order valence-electron chi connectivity index (χ2n) is 6.02. The molecule has 2 aromatic heterocycles. The molecule has 0 saturated carbocycles. The number of hydrogen-bond donors (Lipinski definition) is 0. The second kappa shape index (κ2) is 5.89. The van der Waals surface area contributed by atoms with E-state index in [9.17, 15) is 0 Å². The van der Waals surface area contributed by atoms with Crippen LogP contribution < -0.4 is 0 Å². The van der Waals surface area contributed by atoms with Crippen LogP contribution in [0.3, 0.4) is 0 Å². The molecule has 0 radical (unpaired) electrons. The molecule has 0 atom stereocenters. The van der Waals surface area contributed by atoms with Crippen LogP contribution in [0.25, 0.3) is 16.6 Å². The minimum absolute atomic E-state index is 0.770. The molecule has 0 aliphatic carbocycles. The molecule has 24 heavy (non-hydrogen) atoms. The van der Waals surface area contributed by atoms with Crippen molar-refractivity contribution in [3.05, 3.63) is 83.3 Å². The SMILES string of the molecule is Cc1cc(C)n(-c2nnc(Cc3ccccc3)c3ccccc23)n1. The highest BCUT2D eigenvalue weighted by Gasteiger charge is 2.13. The van der Waals surface area contributed by atoms with Crippen molar-refractivity contribution in [2.24, 2.45) is 0 Å². The highest BCUT2D eigenvalue weighted by Crippen LogP contribution is 2.24. The fraction of sp³-hybridized carbons (Fsp3) is 0.150. The summed E-state index contributed by atoms with van der Waals surface area (Å²) in [7, 11) is 0. The number of fused-ring (bicyclic) bond motifs is 1. The lowest BCUT2D eigenvalue weighted by molar-refractivity contribution is 0.783. The quantitative estimate of drug-likeness (QED) is 0.573. The standard InChI is InChI=1S/C20H18N4/c1-14-12-15(2)24(23-14)20-18-11-7-6-10-17(18)19(21-22-20)13-16-8-4-3-5-9-16/h3-12H,13H2,1-2H3. The molecule has 4 nitrogen and oxygen atoms in total. The summed E-state index contributed by atoms with van der Waals surface area (Å²) >= 11 is 0. The Balaban J connectivity index is 1.88. The van der Waals surface area contributed by atoms with Crippen LogP contribution in [0.1, 0.15) is 22.6 Å². The van der Waals surface area contributed by atoms with Crippen molar-refractivity contribution >= 4 is 10.8 Å². The third kappa shape index (κ3) is 2.56. The van der Waals surface area contributed by atoms with Crippen molar-refractivity contribution in [3.8, 4) is 5.82 Å². The van der Waals surface area contributed by atoms with Gasteiger partial charge in [-0.25, -0.2) is 4.68 Å². The number of aromatic nitrogens is 4. The van der Waals surface area contributed by atoms with Crippen molar-refractivity contribution in [1.29, 1.82) is 0 Å². The van der Waals surface area contributed by atoms with Gasteiger partial charge in [-0.1, -0.05) is 54.6 Å². The van der Waals surface area contributed by atoms with Crippen molar-refractivity contribution in [2.75, 3.05) is 0 Å². The van der Waals surface area contributed by atoms with Gasteiger partial charge in [0.05, 0.1) is 11.4 Å². The summed E-state index contributed by atoms with van der Waals surface area (Å²) in [6.45, 7) is 4.03. The van der Waals surface area contributed by atoms with Gasteiger partial charge < -0.3 is 0 Å². The lowest BCUT2D eigenvalue weighted by Crippen LogP contribution is -2.07. The zero-order valence-electron chi connectivity index (χ0n) is 13.8. The number of benzene rings is 2. The van der Waals surface area contributed by atoms with Crippen LogP contribution in [0.5, 0.6) is 0 Å². The molecular formula is C20H18N4. The molecule has 0 amide bonds. The van der Waals surface area contributed by atoms with E-state index in [1.165, 1.54) is 5.56 Å². The van der Waals surface area contributed by atoms with E-state index in [2.05, 4.69) is 51.7 Å². The molecule has 4 aromatic rings. The van der Waals surface area contributed by atoms with E-state index in [4.69, 9.17) is 0 Å². The van der Waals surface area contributed by atoms with Crippen LogP contribution in [0, 0.1) is 13.8 Å². The van der Waals surface area contributed by atoms with Crippen molar-refractivity contribution in [3.63, 3.8) is 0 Å². The molecule has 0 aliphatic rings. The van der Waals surface area contributed by atoms with E-state index < -0.39 is 0 Å². The Morgan fingerprint density at radius 3 is 2.25 bits per heavy atom. The number of hydrogen-bond acceptors (Lipinski definition) is 3. The van der Waals surface area contributed by atoms with Crippen LogP contribution >= 0.6 is 0 Å². The first-order valence-corrected chi connectivity index (χ1v) is 8.04. The van der Waals surface area contributed by atoms with E-state index in [0.29, 0.717) is 0 Å². The Bertz CT molecular complexity index is 1000. The fourth-order valence-corrected chi connectivity index (χ4v) is 3.06. The Labute approximate surface area is 140 Å². The van der Waals surface area contributed by atoms with Gasteiger partial charge in [0.15, 0.2) is 5.82 Å². The predicted octanol–water partition coefficient (Wildman–Crippen LogP) is 4.02. The highest BCUT2D eigenvalue weighted by molar-refractivity contribution is 5.90. The molecule has 0 N–H and O–H groups in total. The third-order valence-corrected chi connectivity index (χ3v) is 4.17. The largest absolute Gasteiger partial charge is 0.217 e. The van der Waals surface area contributed by atoms with E-state index in [1.807, 2.05) is 42.8 Å². The molecule has 2 aromatic carbocycles. The van der Waals surface area contributed by atoms with Gasteiger partial charge in [0.2, 0.25) is 0 Å². The number of aryl methyl sites for hydroxylation is 2. The molecule has 0 saturated heterocycles. The van der Waals surface area contributed by atoms with Gasteiger partial charge in [0, 0.05) is 22.9 Å². The zero-order chi connectivity index (χ0) is 16.5. The van der Waals surface area contributed by atoms with Gasteiger partial charge in [-0.05, 0) is 25.5 Å². The lowest BCUT2D eigenvalue weighted by Gasteiger charge is -2.10. The predicted molar refractivity (Wildman–Crippen MR) is 95.4 cm³/mol. The zero-order valence-corrected chi connectivity index (χ0v) is 13.8. The van der Waals surface area contributed by atoms with Gasteiger partial charge in [0.25, 0.3) is 0 Å². The molecule has 2 heterocycles. The summed E-state index contributed by atoms with van der Waals surface area (Å²) in [6, 6.07) is 20.7. The van der Waals surface area contributed by atoms with Gasteiger partial charge in [0.1, 0.15) is 0 Å². The number of nitrogens with zero attached hydrogens (tertiary/aromatic N) is 4. The van der Waals surface area contributed by atoms with Gasteiger partial charge in [-0.3, -0.25) is 0 Å². The van der Waals surface area contributed by atoms with Crippen LogP contribution in [0.4, 0.5) is 0 Å².